The maximum Gasteiger partial charge on any atom is 0.135 e. The van der Waals surface area contributed by atoms with E-state index in [2.05, 4.69) is 63.6 Å². The summed E-state index contributed by atoms with van der Waals surface area (Å²) >= 11 is 0. The van der Waals surface area contributed by atoms with E-state index in [1.807, 2.05) is 6.07 Å². The maximum atomic E-state index is 4.34. The van der Waals surface area contributed by atoms with Gasteiger partial charge in [-0.2, -0.15) is 0 Å². The third-order valence-electron chi connectivity index (χ3n) is 4.64. The van der Waals surface area contributed by atoms with Crippen LogP contribution >= 0.6 is 0 Å². The van der Waals surface area contributed by atoms with E-state index in [1.165, 1.54) is 31.4 Å². The first-order valence-electron chi connectivity index (χ1n) is 8.99. The smallest absolute Gasteiger partial charge is 0.135 e. The van der Waals surface area contributed by atoms with Crippen LogP contribution in [0.1, 0.15) is 39.5 Å². The van der Waals surface area contributed by atoms with Crippen LogP contribution in [0.2, 0.25) is 0 Å². The van der Waals surface area contributed by atoms with Crippen molar-refractivity contribution in [3.8, 4) is 0 Å². The Morgan fingerprint density at radius 3 is 2.33 bits per heavy atom. The minimum atomic E-state index is 0.557. The molecule has 0 spiro atoms. The molecule has 0 unspecified atom stereocenters. The van der Waals surface area contributed by atoms with Crippen molar-refractivity contribution in [2.75, 3.05) is 28.6 Å². The van der Waals surface area contributed by atoms with Crippen molar-refractivity contribution in [1.29, 1.82) is 0 Å². The van der Waals surface area contributed by atoms with Crippen LogP contribution in [-0.2, 0) is 0 Å². The van der Waals surface area contributed by atoms with Crippen LogP contribution in [0.3, 0.4) is 0 Å². The zero-order valence-electron chi connectivity index (χ0n) is 14.6. The quantitative estimate of drug-likeness (QED) is 0.789. The molecule has 1 saturated carbocycles. The highest BCUT2D eigenvalue weighted by Gasteiger charge is 2.15. The zero-order chi connectivity index (χ0) is 16.8. The number of hydrogen-bond acceptors (Lipinski definition) is 5. The normalized spacial score (nSPS) is 14.6. The van der Waals surface area contributed by atoms with E-state index >= 15 is 0 Å². The lowest BCUT2D eigenvalue weighted by molar-refractivity contribution is 0.750. The molecule has 1 fully saturated rings. The molecule has 1 aliphatic carbocycles. The molecule has 0 atom stereocenters. The Hall–Kier alpha value is -2.30. The van der Waals surface area contributed by atoms with Gasteiger partial charge in [-0.05, 0) is 51.0 Å². The molecule has 1 aromatic heterocycles. The van der Waals surface area contributed by atoms with Gasteiger partial charge in [0.2, 0.25) is 0 Å². The van der Waals surface area contributed by atoms with Crippen LogP contribution in [0.25, 0.3) is 0 Å². The molecule has 24 heavy (non-hydrogen) atoms. The summed E-state index contributed by atoms with van der Waals surface area (Å²) in [6.07, 6.45) is 6.71. The summed E-state index contributed by atoms with van der Waals surface area (Å²) in [5.41, 5.74) is 2.29. The van der Waals surface area contributed by atoms with Crippen molar-refractivity contribution in [2.45, 2.75) is 45.6 Å². The molecular weight excluding hydrogens is 298 g/mol. The Labute approximate surface area is 144 Å². The topological polar surface area (TPSA) is 53.1 Å². The van der Waals surface area contributed by atoms with E-state index in [9.17, 15) is 0 Å². The molecule has 3 rings (SSSR count). The van der Waals surface area contributed by atoms with Gasteiger partial charge in [0.25, 0.3) is 0 Å². The molecule has 2 aromatic rings. The molecule has 1 aromatic carbocycles. The molecular formula is C19H27N5. The summed E-state index contributed by atoms with van der Waals surface area (Å²) in [6, 6.07) is 11.0. The van der Waals surface area contributed by atoms with Gasteiger partial charge in [-0.15, -0.1) is 0 Å². The monoisotopic (exact) mass is 325 g/mol. The average molecular weight is 325 g/mol. The van der Waals surface area contributed by atoms with Crippen LogP contribution in [-0.4, -0.2) is 29.1 Å². The van der Waals surface area contributed by atoms with Crippen LogP contribution in [0.4, 0.5) is 23.0 Å². The molecule has 0 bridgehead atoms. The van der Waals surface area contributed by atoms with Crippen LogP contribution in [0, 0.1) is 0 Å². The highest BCUT2D eigenvalue weighted by atomic mass is 15.1. The fourth-order valence-corrected chi connectivity index (χ4v) is 3.28. The number of nitrogens with zero attached hydrogens (tertiary/aromatic N) is 3. The number of anilines is 4. The first-order valence-corrected chi connectivity index (χ1v) is 8.99. The van der Waals surface area contributed by atoms with E-state index in [4.69, 9.17) is 0 Å². The third kappa shape index (κ3) is 4.16. The highest BCUT2D eigenvalue weighted by Crippen LogP contribution is 2.24. The summed E-state index contributed by atoms with van der Waals surface area (Å²) < 4.78 is 0. The van der Waals surface area contributed by atoms with Crippen molar-refractivity contribution in [1.82, 2.24) is 9.97 Å². The van der Waals surface area contributed by atoms with Gasteiger partial charge in [0.05, 0.1) is 0 Å². The van der Waals surface area contributed by atoms with Crippen LogP contribution in [0.5, 0.6) is 0 Å². The Bertz CT molecular complexity index is 630. The van der Waals surface area contributed by atoms with Gasteiger partial charge in [-0.3, -0.25) is 0 Å². The predicted molar refractivity (Wildman–Crippen MR) is 101 cm³/mol. The first-order chi connectivity index (χ1) is 11.8. The lowest BCUT2D eigenvalue weighted by Crippen LogP contribution is -2.21. The average Bonchev–Trinajstić information content (AvgIpc) is 3.11. The molecule has 128 valence electrons. The predicted octanol–water partition coefficient (Wildman–Crippen LogP) is 4.42. The first kappa shape index (κ1) is 16.6. The number of benzene rings is 1. The second-order valence-electron chi connectivity index (χ2n) is 6.26. The van der Waals surface area contributed by atoms with Gasteiger partial charge >= 0.3 is 0 Å². The number of aromatic nitrogens is 2. The minimum absolute atomic E-state index is 0.557. The third-order valence-corrected chi connectivity index (χ3v) is 4.64. The fourth-order valence-electron chi connectivity index (χ4n) is 3.28. The lowest BCUT2D eigenvalue weighted by Gasteiger charge is -2.21. The summed E-state index contributed by atoms with van der Waals surface area (Å²) in [7, 11) is 0. The standard InChI is InChI=1S/C19H27N5/c1-3-24(4-2)17-11-9-16(10-12-17)23-19-13-18(20-14-21-19)22-15-7-5-6-8-15/h9-15H,3-8H2,1-2H3,(H2,20,21,22,23). The van der Waals surface area contributed by atoms with Crippen molar-refractivity contribution in [2.24, 2.45) is 0 Å². The highest BCUT2D eigenvalue weighted by molar-refractivity contribution is 5.62. The van der Waals surface area contributed by atoms with Gasteiger partial charge in [-0.25, -0.2) is 9.97 Å². The number of hydrogen-bond donors (Lipinski definition) is 2. The second-order valence-corrected chi connectivity index (χ2v) is 6.26. The van der Waals surface area contributed by atoms with Gasteiger partial charge in [0, 0.05) is 36.6 Å². The Morgan fingerprint density at radius 1 is 1.00 bits per heavy atom. The second kappa shape index (κ2) is 7.99. The number of nitrogens with one attached hydrogen (secondary N) is 2. The van der Waals surface area contributed by atoms with Crippen molar-refractivity contribution < 1.29 is 0 Å². The molecule has 0 amide bonds. The molecule has 5 heteroatoms. The van der Waals surface area contributed by atoms with Crippen molar-refractivity contribution >= 4 is 23.0 Å². The zero-order valence-corrected chi connectivity index (χ0v) is 14.6. The van der Waals surface area contributed by atoms with Crippen molar-refractivity contribution in [3.05, 3.63) is 36.7 Å². The minimum Gasteiger partial charge on any atom is -0.372 e. The molecule has 1 aliphatic rings. The van der Waals surface area contributed by atoms with E-state index in [1.54, 1.807) is 6.33 Å². The Balaban J connectivity index is 1.64. The van der Waals surface area contributed by atoms with E-state index in [0.717, 1.165) is 30.4 Å². The van der Waals surface area contributed by atoms with Crippen LogP contribution in [0.15, 0.2) is 36.7 Å². The molecule has 0 saturated heterocycles. The Kier molecular flexibility index (Phi) is 5.51. The summed E-state index contributed by atoms with van der Waals surface area (Å²) in [5, 5.41) is 6.87. The SMILES string of the molecule is CCN(CC)c1ccc(Nc2cc(NC3CCCC3)ncn2)cc1. The van der Waals surface area contributed by atoms with Gasteiger partial charge < -0.3 is 15.5 Å². The molecule has 0 aliphatic heterocycles. The lowest BCUT2D eigenvalue weighted by atomic mass is 10.2. The van der Waals surface area contributed by atoms with Gasteiger partial charge in [-0.1, -0.05) is 12.8 Å². The van der Waals surface area contributed by atoms with Gasteiger partial charge in [0.15, 0.2) is 0 Å². The number of rotatable bonds is 7. The molecule has 5 nitrogen and oxygen atoms in total. The molecule has 1 heterocycles. The van der Waals surface area contributed by atoms with E-state index in [0.29, 0.717) is 6.04 Å². The van der Waals surface area contributed by atoms with E-state index in [-0.39, 0.29) is 0 Å². The fraction of sp³-hybridized carbons (Fsp3) is 0.474. The van der Waals surface area contributed by atoms with E-state index < -0.39 is 0 Å². The summed E-state index contributed by atoms with van der Waals surface area (Å²) in [5.74, 6) is 1.72. The molecule has 2 N–H and O–H groups in total. The molecule has 0 radical (unpaired) electrons. The summed E-state index contributed by atoms with van der Waals surface area (Å²) in [6.45, 7) is 6.39. The maximum absolute atomic E-state index is 4.34. The largest absolute Gasteiger partial charge is 0.372 e. The van der Waals surface area contributed by atoms with Crippen LogP contribution < -0.4 is 15.5 Å². The Morgan fingerprint density at radius 2 is 1.67 bits per heavy atom. The van der Waals surface area contributed by atoms with Gasteiger partial charge in [0.1, 0.15) is 18.0 Å². The van der Waals surface area contributed by atoms with Crippen molar-refractivity contribution in [3.63, 3.8) is 0 Å². The summed E-state index contributed by atoms with van der Waals surface area (Å²) in [4.78, 5) is 11.0.